The molecule has 1 saturated carbocycles. The SMILES string of the molecule is CN(CCNc1cn[nH]c(=O)c1Cl)C1CC1. The van der Waals surface area contributed by atoms with Crippen LogP contribution in [0.5, 0.6) is 0 Å². The Bertz CT molecular complexity index is 416. The van der Waals surface area contributed by atoms with Crippen molar-refractivity contribution in [2.75, 3.05) is 25.5 Å². The predicted octanol–water partition coefficient (Wildman–Crippen LogP) is 0.929. The number of anilines is 1. The van der Waals surface area contributed by atoms with Gasteiger partial charge in [-0.3, -0.25) is 4.79 Å². The van der Waals surface area contributed by atoms with Gasteiger partial charge in [0, 0.05) is 19.1 Å². The largest absolute Gasteiger partial charge is 0.381 e. The van der Waals surface area contributed by atoms with Gasteiger partial charge in [0.1, 0.15) is 5.02 Å². The van der Waals surface area contributed by atoms with Crippen LogP contribution >= 0.6 is 11.6 Å². The number of aromatic nitrogens is 2. The number of halogens is 1. The van der Waals surface area contributed by atoms with Crippen molar-refractivity contribution in [2.24, 2.45) is 0 Å². The van der Waals surface area contributed by atoms with Crippen molar-refractivity contribution in [1.29, 1.82) is 0 Å². The topological polar surface area (TPSA) is 61.0 Å². The summed E-state index contributed by atoms with van der Waals surface area (Å²) >= 11 is 5.82. The molecule has 0 saturated heterocycles. The maximum absolute atomic E-state index is 11.2. The number of rotatable bonds is 5. The van der Waals surface area contributed by atoms with Crippen LogP contribution in [0.3, 0.4) is 0 Å². The van der Waals surface area contributed by atoms with Gasteiger partial charge in [0.05, 0.1) is 11.9 Å². The maximum Gasteiger partial charge on any atom is 0.285 e. The van der Waals surface area contributed by atoms with E-state index in [9.17, 15) is 4.79 Å². The Morgan fingerprint density at radius 2 is 2.44 bits per heavy atom. The molecule has 88 valence electrons. The number of nitrogens with zero attached hydrogens (tertiary/aromatic N) is 2. The predicted molar refractivity (Wildman–Crippen MR) is 64.0 cm³/mol. The summed E-state index contributed by atoms with van der Waals surface area (Å²) in [5.41, 5.74) is 0.233. The highest BCUT2D eigenvalue weighted by Gasteiger charge is 2.25. The van der Waals surface area contributed by atoms with Gasteiger partial charge in [0.25, 0.3) is 5.56 Å². The zero-order valence-corrected chi connectivity index (χ0v) is 9.92. The first kappa shape index (κ1) is 11.4. The third-order valence-corrected chi connectivity index (χ3v) is 3.12. The normalized spacial score (nSPS) is 15.4. The quantitative estimate of drug-likeness (QED) is 0.807. The molecule has 1 aliphatic carbocycles. The van der Waals surface area contributed by atoms with Gasteiger partial charge < -0.3 is 10.2 Å². The molecule has 1 aromatic rings. The first-order valence-electron chi connectivity index (χ1n) is 5.36. The summed E-state index contributed by atoms with van der Waals surface area (Å²) in [5.74, 6) is 0. The number of hydrogen-bond donors (Lipinski definition) is 2. The van der Waals surface area contributed by atoms with Gasteiger partial charge in [0.2, 0.25) is 0 Å². The summed E-state index contributed by atoms with van der Waals surface area (Å²) in [6.45, 7) is 1.70. The molecular formula is C10H15ClN4O. The monoisotopic (exact) mass is 242 g/mol. The summed E-state index contributed by atoms with van der Waals surface area (Å²) in [6.07, 6.45) is 4.12. The molecule has 0 bridgehead atoms. The van der Waals surface area contributed by atoms with Crippen LogP contribution in [0.25, 0.3) is 0 Å². The van der Waals surface area contributed by atoms with Crippen LogP contribution in [0.4, 0.5) is 5.69 Å². The fourth-order valence-electron chi connectivity index (χ4n) is 1.57. The van der Waals surface area contributed by atoms with Crippen molar-refractivity contribution in [2.45, 2.75) is 18.9 Å². The van der Waals surface area contributed by atoms with Crippen LogP contribution in [0.1, 0.15) is 12.8 Å². The van der Waals surface area contributed by atoms with Gasteiger partial charge in [0.15, 0.2) is 0 Å². The Morgan fingerprint density at radius 1 is 1.69 bits per heavy atom. The van der Waals surface area contributed by atoms with E-state index in [-0.39, 0.29) is 10.6 Å². The second-order valence-corrected chi connectivity index (χ2v) is 4.44. The summed E-state index contributed by atoms with van der Waals surface area (Å²) in [5, 5.41) is 9.25. The smallest absolute Gasteiger partial charge is 0.285 e. The van der Waals surface area contributed by atoms with Crippen LogP contribution in [-0.2, 0) is 0 Å². The van der Waals surface area contributed by atoms with Gasteiger partial charge >= 0.3 is 0 Å². The molecule has 1 aliphatic rings. The van der Waals surface area contributed by atoms with Crippen LogP contribution < -0.4 is 10.9 Å². The van der Waals surface area contributed by atoms with E-state index in [1.807, 2.05) is 0 Å². The van der Waals surface area contributed by atoms with E-state index in [4.69, 9.17) is 11.6 Å². The first-order chi connectivity index (χ1) is 7.68. The number of hydrogen-bond acceptors (Lipinski definition) is 4. The highest BCUT2D eigenvalue weighted by molar-refractivity contribution is 6.32. The lowest BCUT2D eigenvalue weighted by Crippen LogP contribution is -2.27. The van der Waals surface area contributed by atoms with Crippen molar-refractivity contribution < 1.29 is 0 Å². The molecule has 0 amide bonds. The van der Waals surface area contributed by atoms with E-state index >= 15 is 0 Å². The van der Waals surface area contributed by atoms with E-state index < -0.39 is 0 Å². The summed E-state index contributed by atoms with van der Waals surface area (Å²) in [6, 6.07) is 0.745. The highest BCUT2D eigenvalue weighted by Crippen LogP contribution is 2.24. The lowest BCUT2D eigenvalue weighted by Gasteiger charge is -2.16. The van der Waals surface area contributed by atoms with Gasteiger partial charge in [-0.2, -0.15) is 5.10 Å². The van der Waals surface area contributed by atoms with Gasteiger partial charge in [-0.25, -0.2) is 5.10 Å². The molecular weight excluding hydrogens is 228 g/mol. The van der Waals surface area contributed by atoms with Crippen molar-refractivity contribution >= 4 is 17.3 Å². The molecule has 6 heteroatoms. The van der Waals surface area contributed by atoms with E-state index in [0.717, 1.165) is 19.1 Å². The van der Waals surface area contributed by atoms with Crippen LogP contribution in [0.15, 0.2) is 11.0 Å². The summed E-state index contributed by atoms with van der Waals surface area (Å²) in [7, 11) is 2.11. The Hall–Kier alpha value is -1.07. The van der Waals surface area contributed by atoms with Crippen LogP contribution in [-0.4, -0.2) is 41.3 Å². The van der Waals surface area contributed by atoms with Crippen LogP contribution in [0, 0.1) is 0 Å². The minimum atomic E-state index is -0.359. The van der Waals surface area contributed by atoms with Crippen molar-refractivity contribution in [3.8, 4) is 0 Å². The second-order valence-electron chi connectivity index (χ2n) is 4.07. The zero-order chi connectivity index (χ0) is 11.5. The van der Waals surface area contributed by atoms with Gasteiger partial charge in [-0.05, 0) is 19.9 Å². The molecule has 0 atom stereocenters. The molecule has 0 spiro atoms. The van der Waals surface area contributed by atoms with Crippen molar-refractivity contribution in [1.82, 2.24) is 15.1 Å². The average Bonchev–Trinajstić information content (AvgIpc) is 3.07. The number of nitrogens with one attached hydrogen (secondary N) is 2. The molecule has 2 N–H and O–H groups in total. The van der Waals surface area contributed by atoms with E-state index in [1.54, 1.807) is 0 Å². The lowest BCUT2D eigenvalue weighted by molar-refractivity contribution is 0.337. The summed E-state index contributed by atoms with van der Waals surface area (Å²) in [4.78, 5) is 13.5. The molecule has 5 nitrogen and oxygen atoms in total. The molecule has 2 rings (SSSR count). The van der Waals surface area contributed by atoms with Gasteiger partial charge in [-0.1, -0.05) is 11.6 Å². The first-order valence-corrected chi connectivity index (χ1v) is 5.73. The number of H-pyrrole nitrogens is 1. The van der Waals surface area contributed by atoms with Crippen molar-refractivity contribution in [3.63, 3.8) is 0 Å². The molecule has 1 aromatic heterocycles. The fourth-order valence-corrected chi connectivity index (χ4v) is 1.73. The second kappa shape index (κ2) is 4.84. The molecule has 0 aliphatic heterocycles. The van der Waals surface area contributed by atoms with E-state index in [1.165, 1.54) is 19.0 Å². The number of aromatic amines is 1. The lowest BCUT2D eigenvalue weighted by atomic mass is 10.4. The van der Waals surface area contributed by atoms with E-state index in [0.29, 0.717) is 5.69 Å². The molecule has 0 aromatic carbocycles. The van der Waals surface area contributed by atoms with Gasteiger partial charge in [-0.15, -0.1) is 0 Å². The fraction of sp³-hybridized carbons (Fsp3) is 0.600. The molecule has 16 heavy (non-hydrogen) atoms. The average molecular weight is 243 g/mol. The minimum absolute atomic E-state index is 0.170. The minimum Gasteiger partial charge on any atom is -0.381 e. The highest BCUT2D eigenvalue weighted by atomic mass is 35.5. The Labute approximate surface area is 98.8 Å². The molecule has 1 heterocycles. The Morgan fingerprint density at radius 3 is 3.12 bits per heavy atom. The van der Waals surface area contributed by atoms with Crippen LogP contribution in [0.2, 0.25) is 5.02 Å². The maximum atomic E-state index is 11.2. The Kier molecular flexibility index (Phi) is 3.46. The number of likely N-dealkylation sites (N-methyl/N-ethyl adjacent to an activating group) is 1. The zero-order valence-electron chi connectivity index (χ0n) is 9.16. The third kappa shape index (κ3) is 2.74. The molecule has 0 radical (unpaired) electrons. The van der Waals surface area contributed by atoms with E-state index in [2.05, 4.69) is 27.5 Å². The Balaban J connectivity index is 1.84. The summed E-state index contributed by atoms with van der Waals surface area (Å²) < 4.78 is 0. The molecule has 1 fully saturated rings. The third-order valence-electron chi connectivity index (χ3n) is 2.75. The standard InChI is InChI=1S/C10H15ClN4O/c1-15(7-2-3-7)5-4-12-8-6-13-14-10(16)9(8)11/h6-7H,2-5H2,1H3,(H2,12,14,16). The van der Waals surface area contributed by atoms with Crippen molar-refractivity contribution in [3.05, 3.63) is 21.6 Å². The molecule has 0 unspecified atom stereocenters.